The molecule has 0 saturated heterocycles. The summed E-state index contributed by atoms with van der Waals surface area (Å²) in [6, 6.07) is 12.7. The maximum Gasteiger partial charge on any atom is 0.305 e. The van der Waals surface area contributed by atoms with E-state index in [1.165, 1.54) is 0 Å². The Morgan fingerprint density at radius 1 is 1.24 bits per heavy atom. The third-order valence-corrected chi connectivity index (χ3v) is 3.91. The molecule has 21 heavy (non-hydrogen) atoms. The van der Waals surface area contributed by atoms with E-state index in [0.717, 1.165) is 11.1 Å². The van der Waals surface area contributed by atoms with Crippen molar-refractivity contribution in [3.63, 3.8) is 0 Å². The van der Waals surface area contributed by atoms with E-state index in [1.807, 2.05) is 24.3 Å². The molecule has 2 aromatic rings. The van der Waals surface area contributed by atoms with E-state index in [1.54, 1.807) is 25.1 Å². The largest absolute Gasteiger partial charge is 0.481 e. The van der Waals surface area contributed by atoms with Crippen LogP contribution in [0.3, 0.4) is 0 Å². The van der Waals surface area contributed by atoms with Gasteiger partial charge in [-0.3, -0.25) is 4.79 Å². The Morgan fingerprint density at radius 2 is 1.90 bits per heavy atom. The van der Waals surface area contributed by atoms with E-state index in [4.69, 9.17) is 34.0 Å². The predicted octanol–water partition coefficient (Wildman–Crippen LogP) is 4.31. The van der Waals surface area contributed by atoms with Gasteiger partial charge in [0.15, 0.2) is 0 Å². The van der Waals surface area contributed by atoms with E-state index >= 15 is 0 Å². The smallest absolute Gasteiger partial charge is 0.305 e. The summed E-state index contributed by atoms with van der Waals surface area (Å²) in [6.07, 6.45) is -0.203. The van der Waals surface area contributed by atoms with Gasteiger partial charge in [-0.25, -0.2) is 0 Å². The minimum absolute atomic E-state index is 0.203. The highest BCUT2D eigenvalue weighted by atomic mass is 35.5. The minimum Gasteiger partial charge on any atom is -0.481 e. The number of aliphatic carboxylic acids is 1. The fourth-order valence-electron chi connectivity index (χ4n) is 2.26. The molecule has 3 N–H and O–H groups in total. The molecule has 5 heteroatoms. The van der Waals surface area contributed by atoms with Crippen molar-refractivity contribution in [1.29, 1.82) is 0 Å². The Bertz CT molecular complexity index is 684. The third-order valence-electron chi connectivity index (χ3n) is 3.27. The lowest BCUT2D eigenvalue weighted by Gasteiger charge is -2.25. The number of carboxylic acid groups (broad SMARTS) is 1. The first-order chi connectivity index (χ1) is 9.81. The van der Waals surface area contributed by atoms with Crippen molar-refractivity contribution in [3.05, 3.63) is 58.1 Å². The van der Waals surface area contributed by atoms with Crippen LogP contribution in [0.5, 0.6) is 0 Å². The van der Waals surface area contributed by atoms with Gasteiger partial charge in [0.25, 0.3) is 0 Å². The summed E-state index contributed by atoms with van der Waals surface area (Å²) in [6.45, 7) is 1.66. The summed E-state index contributed by atoms with van der Waals surface area (Å²) < 4.78 is 0. The highest BCUT2D eigenvalue weighted by molar-refractivity contribution is 6.34. The predicted molar refractivity (Wildman–Crippen MR) is 85.7 cm³/mol. The van der Waals surface area contributed by atoms with Crippen LogP contribution in [0.15, 0.2) is 42.5 Å². The van der Waals surface area contributed by atoms with Gasteiger partial charge in [-0.05, 0) is 30.2 Å². The first-order valence-electron chi connectivity index (χ1n) is 6.37. The monoisotopic (exact) mass is 323 g/mol. The molecule has 0 saturated carbocycles. The first kappa shape index (κ1) is 15.8. The number of halogens is 2. The molecule has 0 aromatic heterocycles. The minimum atomic E-state index is -1.04. The molecular weight excluding hydrogens is 309 g/mol. The lowest BCUT2D eigenvalue weighted by molar-refractivity contribution is -0.138. The van der Waals surface area contributed by atoms with Crippen LogP contribution in [0.1, 0.15) is 18.9 Å². The number of benzene rings is 2. The van der Waals surface area contributed by atoms with Crippen LogP contribution in [0, 0.1) is 0 Å². The van der Waals surface area contributed by atoms with Gasteiger partial charge in [-0.15, -0.1) is 0 Å². The lowest BCUT2D eigenvalue weighted by Crippen LogP contribution is -2.35. The van der Waals surface area contributed by atoms with Crippen molar-refractivity contribution >= 4 is 29.2 Å². The maximum atomic E-state index is 11.0. The van der Waals surface area contributed by atoms with Gasteiger partial charge < -0.3 is 10.8 Å². The van der Waals surface area contributed by atoms with Gasteiger partial charge >= 0.3 is 5.97 Å². The number of nitrogens with two attached hydrogens (primary N) is 1. The van der Waals surface area contributed by atoms with Gasteiger partial charge in [-0.1, -0.05) is 53.5 Å². The zero-order valence-corrected chi connectivity index (χ0v) is 12.9. The number of carboxylic acids is 1. The normalized spacial score (nSPS) is 13.7. The van der Waals surface area contributed by atoms with Gasteiger partial charge in [0.1, 0.15) is 0 Å². The summed E-state index contributed by atoms with van der Waals surface area (Å²) in [5.41, 5.74) is 7.32. The topological polar surface area (TPSA) is 63.3 Å². The van der Waals surface area contributed by atoms with Gasteiger partial charge in [0.2, 0.25) is 0 Å². The molecule has 0 bridgehead atoms. The van der Waals surface area contributed by atoms with E-state index in [-0.39, 0.29) is 6.42 Å². The van der Waals surface area contributed by atoms with Crippen molar-refractivity contribution in [1.82, 2.24) is 0 Å². The standard InChI is InChI=1S/C16H15Cl2NO2/c1-16(19,9-14(20)21)13-7-3-6-12(15(13)18)10-4-2-5-11(17)8-10/h2-8H,9,19H2,1H3,(H,20,21)/t16-/m0/s1. The molecule has 0 fully saturated rings. The van der Waals surface area contributed by atoms with Gasteiger partial charge in [-0.2, -0.15) is 0 Å². The Morgan fingerprint density at radius 3 is 2.52 bits per heavy atom. The molecular formula is C16H15Cl2NO2. The fourth-order valence-corrected chi connectivity index (χ4v) is 2.90. The second-order valence-corrected chi connectivity index (χ2v) is 5.98. The quantitative estimate of drug-likeness (QED) is 0.881. The van der Waals surface area contributed by atoms with Crippen molar-refractivity contribution in [2.24, 2.45) is 5.73 Å². The van der Waals surface area contributed by atoms with Crippen LogP contribution in [-0.4, -0.2) is 11.1 Å². The van der Waals surface area contributed by atoms with Crippen molar-refractivity contribution in [2.75, 3.05) is 0 Å². The third kappa shape index (κ3) is 3.56. The summed E-state index contributed by atoms with van der Waals surface area (Å²) >= 11 is 12.4. The fraction of sp³-hybridized carbons (Fsp3) is 0.188. The average Bonchev–Trinajstić information content (AvgIpc) is 2.37. The summed E-state index contributed by atoms with van der Waals surface area (Å²) in [4.78, 5) is 11.0. The zero-order chi connectivity index (χ0) is 15.6. The summed E-state index contributed by atoms with van der Waals surface area (Å²) in [5, 5.41) is 10.0. The molecule has 0 spiro atoms. The molecule has 2 rings (SSSR count). The lowest BCUT2D eigenvalue weighted by atomic mass is 9.87. The average molecular weight is 324 g/mol. The molecule has 0 aliphatic rings. The van der Waals surface area contributed by atoms with E-state index in [0.29, 0.717) is 15.6 Å². The molecule has 0 unspecified atom stereocenters. The van der Waals surface area contributed by atoms with E-state index < -0.39 is 11.5 Å². The van der Waals surface area contributed by atoms with Crippen molar-refractivity contribution in [2.45, 2.75) is 18.9 Å². The van der Waals surface area contributed by atoms with Gasteiger partial charge in [0, 0.05) is 10.6 Å². The molecule has 1 atom stereocenters. The van der Waals surface area contributed by atoms with Crippen molar-refractivity contribution < 1.29 is 9.90 Å². The molecule has 0 aliphatic heterocycles. The maximum absolute atomic E-state index is 11.0. The summed E-state index contributed by atoms with van der Waals surface area (Å²) in [7, 11) is 0. The molecule has 0 amide bonds. The Labute approximate surface area is 133 Å². The van der Waals surface area contributed by atoms with Crippen LogP contribution in [0.25, 0.3) is 11.1 Å². The van der Waals surface area contributed by atoms with Gasteiger partial charge in [0.05, 0.1) is 17.0 Å². The Kier molecular flexibility index (Phi) is 4.57. The molecule has 3 nitrogen and oxygen atoms in total. The molecule has 0 radical (unpaired) electrons. The Balaban J connectivity index is 2.53. The molecule has 110 valence electrons. The number of rotatable bonds is 4. The zero-order valence-electron chi connectivity index (χ0n) is 11.4. The van der Waals surface area contributed by atoms with Crippen LogP contribution in [0.4, 0.5) is 0 Å². The highest BCUT2D eigenvalue weighted by Gasteiger charge is 2.28. The molecule has 0 heterocycles. The number of hydrogen-bond acceptors (Lipinski definition) is 2. The SMILES string of the molecule is C[C@](N)(CC(=O)O)c1cccc(-c2cccc(Cl)c2)c1Cl. The Hall–Kier alpha value is -1.55. The molecule has 2 aromatic carbocycles. The number of hydrogen-bond donors (Lipinski definition) is 2. The van der Waals surface area contributed by atoms with E-state index in [9.17, 15) is 4.79 Å². The first-order valence-corrected chi connectivity index (χ1v) is 7.12. The second-order valence-electron chi connectivity index (χ2n) is 5.17. The highest BCUT2D eigenvalue weighted by Crippen LogP contribution is 2.36. The van der Waals surface area contributed by atoms with Crippen LogP contribution < -0.4 is 5.73 Å². The van der Waals surface area contributed by atoms with Crippen LogP contribution >= 0.6 is 23.2 Å². The summed E-state index contributed by atoms with van der Waals surface area (Å²) in [5.74, 6) is -0.968. The molecule has 0 aliphatic carbocycles. The number of carbonyl (C=O) groups is 1. The van der Waals surface area contributed by atoms with Crippen LogP contribution in [0.2, 0.25) is 10.0 Å². The van der Waals surface area contributed by atoms with Crippen molar-refractivity contribution in [3.8, 4) is 11.1 Å². The van der Waals surface area contributed by atoms with Crippen LogP contribution in [-0.2, 0) is 10.3 Å². The second kappa shape index (κ2) is 6.06. The van der Waals surface area contributed by atoms with E-state index in [2.05, 4.69) is 0 Å².